The summed E-state index contributed by atoms with van der Waals surface area (Å²) in [5.74, 6) is 0.652. The van der Waals surface area contributed by atoms with E-state index in [1.165, 1.54) is 11.3 Å². The monoisotopic (exact) mass is 612 g/mol. The van der Waals surface area contributed by atoms with Crippen molar-refractivity contribution in [3.8, 4) is 5.75 Å². The van der Waals surface area contributed by atoms with E-state index < -0.39 is 12.0 Å². The van der Waals surface area contributed by atoms with Crippen molar-refractivity contribution in [2.24, 2.45) is 4.99 Å². The molecule has 0 radical (unpaired) electrons. The molecule has 7 nitrogen and oxygen atoms in total. The summed E-state index contributed by atoms with van der Waals surface area (Å²) in [6, 6.07) is 19.7. The molecule has 2 aromatic heterocycles. The Kier molecular flexibility index (Phi) is 6.92. The van der Waals surface area contributed by atoms with E-state index >= 15 is 0 Å². The van der Waals surface area contributed by atoms with Crippen molar-refractivity contribution in [3.05, 3.63) is 113 Å². The minimum Gasteiger partial charge on any atom is -0.497 e. The number of halogens is 1. The molecule has 0 saturated carbocycles. The fourth-order valence-corrected chi connectivity index (χ4v) is 5.52. The smallest absolute Gasteiger partial charge is 0.338 e. The van der Waals surface area contributed by atoms with Gasteiger partial charge in [-0.25, -0.2) is 9.79 Å². The zero-order valence-electron chi connectivity index (χ0n) is 19.4. The Hall–Kier alpha value is -3.44. The van der Waals surface area contributed by atoms with E-state index in [1.807, 2.05) is 60.7 Å². The van der Waals surface area contributed by atoms with Gasteiger partial charge in [0.05, 0.1) is 35.6 Å². The van der Waals surface area contributed by atoms with Crippen LogP contribution in [-0.2, 0) is 9.53 Å². The second-order valence-corrected chi connectivity index (χ2v) is 9.92. The van der Waals surface area contributed by atoms with Crippen molar-refractivity contribution in [2.75, 3.05) is 13.7 Å². The maximum absolute atomic E-state index is 13.8. The second-order valence-electron chi connectivity index (χ2n) is 7.85. The SMILES string of the molecule is CCOC(=O)C1=C(c2ccccc2)N=c2s/c(=C/c3ccc(I)o3)c(=O)n2C1c1cccc(OC)c1. The lowest BCUT2D eigenvalue weighted by Crippen LogP contribution is -2.40. The molecule has 0 aliphatic carbocycles. The van der Waals surface area contributed by atoms with Crippen LogP contribution in [0.5, 0.6) is 5.75 Å². The van der Waals surface area contributed by atoms with E-state index in [4.69, 9.17) is 18.9 Å². The highest BCUT2D eigenvalue weighted by atomic mass is 127. The maximum Gasteiger partial charge on any atom is 0.338 e. The maximum atomic E-state index is 13.8. The molecule has 0 fully saturated rings. The molecule has 182 valence electrons. The molecule has 1 unspecified atom stereocenters. The van der Waals surface area contributed by atoms with Gasteiger partial charge in [-0.15, -0.1) is 0 Å². The Morgan fingerprint density at radius 1 is 1.17 bits per heavy atom. The van der Waals surface area contributed by atoms with E-state index in [9.17, 15) is 9.59 Å². The first-order valence-corrected chi connectivity index (χ1v) is 13.1. The first-order chi connectivity index (χ1) is 17.5. The molecule has 5 rings (SSSR count). The first kappa shape index (κ1) is 24.3. The Morgan fingerprint density at radius 3 is 2.67 bits per heavy atom. The number of esters is 1. The minimum absolute atomic E-state index is 0.191. The summed E-state index contributed by atoms with van der Waals surface area (Å²) in [5, 5.41) is 0. The van der Waals surface area contributed by atoms with Gasteiger partial charge in [0.25, 0.3) is 5.56 Å². The predicted octanol–water partition coefficient (Wildman–Crippen LogP) is 4.14. The fourth-order valence-electron chi connectivity index (χ4n) is 4.10. The molecule has 36 heavy (non-hydrogen) atoms. The number of thiazole rings is 1. The Bertz CT molecular complexity index is 1650. The van der Waals surface area contributed by atoms with E-state index in [-0.39, 0.29) is 12.2 Å². The number of benzene rings is 2. The molecule has 2 aromatic carbocycles. The van der Waals surface area contributed by atoms with Gasteiger partial charge in [-0.2, -0.15) is 0 Å². The number of ether oxygens (including phenoxy) is 2. The number of carbonyl (C=O) groups excluding carboxylic acids is 1. The number of carbonyl (C=O) groups is 1. The molecule has 0 spiro atoms. The molecule has 3 heterocycles. The Balaban J connectivity index is 1.84. The molecule has 1 aliphatic rings. The molecule has 9 heteroatoms. The van der Waals surface area contributed by atoms with Crippen LogP contribution < -0.4 is 19.6 Å². The van der Waals surface area contributed by atoms with Gasteiger partial charge >= 0.3 is 5.97 Å². The molecule has 0 saturated heterocycles. The number of fused-ring (bicyclic) bond motifs is 1. The van der Waals surface area contributed by atoms with Gasteiger partial charge in [0.1, 0.15) is 11.5 Å². The fraction of sp³-hybridized carbons (Fsp3) is 0.148. The normalized spacial score (nSPS) is 15.4. The lowest BCUT2D eigenvalue weighted by Gasteiger charge is -2.26. The van der Waals surface area contributed by atoms with Crippen molar-refractivity contribution in [3.63, 3.8) is 0 Å². The minimum atomic E-state index is -0.760. The summed E-state index contributed by atoms with van der Waals surface area (Å²) in [7, 11) is 1.58. The average Bonchev–Trinajstić information content (AvgIpc) is 3.45. The average molecular weight is 612 g/mol. The second kappa shape index (κ2) is 10.3. The van der Waals surface area contributed by atoms with E-state index in [0.29, 0.717) is 37.7 Å². The highest BCUT2D eigenvalue weighted by molar-refractivity contribution is 14.1. The van der Waals surface area contributed by atoms with Crippen LogP contribution >= 0.6 is 33.9 Å². The Morgan fingerprint density at radius 2 is 1.97 bits per heavy atom. The molecular weight excluding hydrogens is 591 g/mol. The van der Waals surface area contributed by atoms with Crippen LogP contribution in [0.2, 0.25) is 0 Å². The van der Waals surface area contributed by atoms with Gasteiger partial charge in [0.15, 0.2) is 8.57 Å². The third kappa shape index (κ3) is 4.56. The summed E-state index contributed by atoms with van der Waals surface area (Å²) in [6.45, 7) is 1.94. The van der Waals surface area contributed by atoms with Gasteiger partial charge in [0, 0.05) is 11.6 Å². The number of hydrogen-bond donors (Lipinski definition) is 0. The number of nitrogens with zero attached hydrogens (tertiary/aromatic N) is 2. The molecule has 4 aromatic rings. The van der Waals surface area contributed by atoms with Crippen molar-refractivity contribution in [2.45, 2.75) is 13.0 Å². The number of rotatable bonds is 6. The van der Waals surface area contributed by atoms with Gasteiger partial charge in [-0.05, 0) is 59.3 Å². The van der Waals surface area contributed by atoms with Crippen LogP contribution in [0.25, 0.3) is 11.8 Å². The van der Waals surface area contributed by atoms with Gasteiger partial charge in [-0.3, -0.25) is 9.36 Å². The standard InChI is InChI=1S/C27H21IN2O5S/c1-3-34-26(32)22-23(16-8-5-4-6-9-16)29-27-30(24(22)17-10-7-11-18(14-17)33-2)25(31)20(36-27)15-19-12-13-21(28)35-19/h4-15,24H,3H2,1-2H3/b20-15+. The third-order valence-electron chi connectivity index (χ3n) is 5.65. The highest BCUT2D eigenvalue weighted by Gasteiger charge is 2.35. The van der Waals surface area contributed by atoms with Crippen molar-refractivity contribution in [1.29, 1.82) is 0 Å². The summed E-state index contributed by atoms with van der Waals surface area (Å²) < 4.78 is 19.3. The molecule has 0 N–H and O–H groups in total. The lowest BCUT2D eigenvalue weighted by atomic mass is 9.93. The quantitative estimate of drug-likeness (QED) is 0.242. The first-order valence-electron chi connectivity index (χ1n) is 11.2. The topological polar surface area (TPSA) is 83.0 Å². The molecule has 1 aliphatic heterocycles. The number of furan rings is 1. The van der Waals surface area contributed by atoms with E-state index in [2.05, 4.69) is 22.6 Å². The Labute approximate surface area is 224 Å². The highest BCUT2D eigenvalue weighted by Crippen LogP contribution is 2.36. The number of methoxy groups -OCH3 is 1. The van der Waals surface area contributed by atoms with Crippen LogP contribution in [0.15, 0.2) is 86.5 Å². The van der Waals surface area contributed by atoms with Gasteiger partial charge in [0.2, 0.25) is 0 Å². The molecular formula is C27H21IN2O5S. The van der Waals surface area contributed by atoms with Crippen molar-refractivity contribution in [1.82, 2.24) is 4.57 Å². The van der Waals surface area contributed by atoms with Crippen LogP contribution in [-0.4, -0.2) is 24.3 Å². The van der Waals surface area contributed by atoms with Crippen molar-refractivity contribution >= 4 is 51.7 Å². The van der Waals surface area contributed by atoms with E-state index in [1.54, 1.807) is 30.7 Å². The van der Waals surface area contributed by atoms with E-state index in [0.717, 1.165) is 9.33 Å². The van der Waals surface area contributed by atoms with Crippen LogP contribution in [0.1, 0.15) is 29.9 Å². The molecule has 0 amide bonds. The van der Waals surface area contributed by atoms with Crippen molar-refractivity contribution < 1.29 is 18.7 Å². The lowest BCUT2D eigenvalue weighted by molar-refractivity contribution is -0.138. The number of aromatic nitrogens is 1. The summed E-state index contributed by atoms with van der Waals surface area (Å²) >= 11 is 3.33. The van der Waals surface area contributed by atoms with Crippen LogP contribution in [0.3, 0.4) is 0 Å². The summed E-state index contributed by atoms with van der Waals surface area (Å²) in [4.78, 5) is 32.5. The van der Waals surface area contributed by atoms with Gasteiger partial charge < -0.3 is 13.9 Å². The number of hydrogen-bond acceptors (Lipinski definition) is 7. The van der Waals surface area contributed by atoms with Gasteiger partial charge in [-0.1, -0.05) is 53.8 Å². The largest absolute Gasteiger partial charge is 0.497 e. The zero-order valence-corrected chi connectivity index (χ0v) is 22.4. The molecule has 1 atom stereocenters. The van der Waals surface area contributed by atoms with Crippen LogP contribution in [0.4, 0.5) is 0 Å². The predicted molar refractivity (Wildman–Crippen MR) is 145 cm³/mol. The van der Waals surface area contributed by atoms with Crippen LogP contribution in [0, 0.1) is 3.77 Å². The third-order valence-corrected chi connectivity index (χ3v) is 7.21. The molecule has 0 bridgehead atoms. The summed E-state index contributed by atoms with van der Waals surface area (Å²) in [5.41, 5.74) is 1.96. The zero-order chi connectivity index (χ0) is 25.2. The summed E-state index contributed by atoms with van der Waals surface area (Å²) in [6.07, 6.45) is 1.70.